The highest BCUT2D eigenvalue weighted by Gasteiger charge is 2.19. The Kier molecular flexibility index (Phi) is 8.09. The van der Waals surface area contributed by atoms with Crippen LogP contribution in [0.25, 0.3) is 0 Å². The van der Waals surface area contributed by atoms with E-state index in [-0.39, 0.29) is 24.2 Å². The first kappa shape index (κ1) is 21.5. The molecule has 7 heteroatoms. The van der Waals surface area contributed by atoms with Gasteiger partial charge in [-0.3, -0.25) is 9.59 Å². The first-order valence-electron chi connectivity index (χ1n) is 8.15. The van der Waals surface area contributed by atoms with Crippen LogP contribution in [0.4, 0.5) is 5.69 Å². The van der Waals surface area contributed by atoms with Gasteiger partial charge in [0, 0.05) is 5.69 Å². The molecular formula is C19H24ClN3O3. The van der Waals surface area contributed by atoms with Crippen molar-refractivity contribution in [3.8, 4) is 11.5 Å². The second kappa shape index (κ2) is 9.79. The van der Waals surface area contributed by atoms with Gasteiger partial charge in [0.25, 0.3) is 5.91 Å². The highest BCUT2D eigenvalue weighted by molar-refractivity contribution is 5.96. The topological polar surface area (TPSA) is 107 Å². The lowest BCUT2D eigenvalue weighted by Gasteiger charge is -2.17. The fourth-order valence-corrected chi connectivity index (χ4v) is 2.23. The van der Waals surface area contributed by atoms with Gasteiger partial charge in [0.05, 0.1) is 11.6 Å². The van der Waals surface area contributed by atoms with Gasteiger partial charge in [-0.25, -0.2) is 0 Å². The molecule has 0 saturated heterocycles. The summed E-state index contributed by atoms with van der Waals surface area (Å²) in [5.74, 6) is 0.233. The van der Waals surface area contributed by atoms with Gasteiger partial charge in [-0.1, -0.05) is 32.4 Å². The summed E-state index contributed by atoms with van der Waals surface area (Å²) in [5.41, 5.74) is 12.2. The van der Waals surface area contributed by atoms with Crippen molar-refractivity contribution >= 4 is 29.9 Å². The lowest BCUT2D eigenvalue weighted by atomic mass is 9.99. The zero-order valence-corrected chi connectivity index (χ0v) is 15.6. The second-order valence-corrected chi connectivity index (χ2v) is 5.89. The van der Waals surface area contributed by atoms with Crippen LogP contribution in [0.3, 0.4) is 0 Å². The van der Waals surface area contributed by atoms with E-state index < -0.39 is 11.9 Å². The first-order chi connectivity index (χ1) is 11.9. The molecule has 0 radical (unpaired) electrons. The van der Waals surface area contributed by atoms with Crippen LogP contribution in [-0.4, -0.2) is 17.9 Å². The van der Waals surface area contributed by atoms with Crippen molar-refractivity contribution < 1.29 is 14.3 Å². The quantitative estimate of drug-likeness (QED) is 0.687. The number of halogens is 1. The normalized spacial score (nSPS) is 12.4. The van der Waals surface area contributed by atoms with Crippen LogP contribution in [0.5, 0.6) is 11.5 Å². The monoisotopic (exact) mass is 377 g/mol. The number of benzene rings is 2. The Bertz CT molecular complexity index is 750. The third kappa shape index (κ3) is 5.47. The lowest BCUT2D eigenvalue weighted by Crippen LogP contribution is -2.40. The number of nitrogens with one attached hydrogen (secondary N) is 1. The van der Waals surface area contributed by atoms with Crippen LogP contribution in [0, 0.1) is 5.92 Å². The van der Waals surface area contributed by atoms with Gasteiger partial charge in [-0.2, -0.15) is 0 Å². The molecule has 0 aliphatic heterocycles. The molecule has 2 amide bonds. The van der Waals surface area contributed by atoms with Crippen molar-refractivity contribution in [1.82, 2.24) is 0 Å². The molecule has 2 unspecified atom stereocenters. The van der Waals surface area contributed by atoms with Crippen LogP contribution < -0.4 is 21.5 Å². The fourth-order valence-electron chi connectivity index (χ4n) is 2.23. The van der Waals surface area contributed by atoms with Crippen molar-refractivity contribution in [1.29, 1.82) is 0 Å². The molecule has 0 fully saturated rings. The molecule has 5 N–H and O–H groups in total. The molecule has 0 saturated carbocycles. The van der Waals surface area contributed by atoms with Crippen molar-refractivity contribution in [2.45, 2.75) is 26.3 Å². The van der Waals surface area contributed by atoms with Crippen LogP contribution >= 0.6 is 12.4 Å². The number of amides is 2. The third-order valence-electron chi connectivity index (χ3n) is 4.06. The molecule has 0 aromatic heterocycles. The van der Waals surface area contributed by atoms with Crippen molar-refractivity contribution in [3.63, 3.8) is 0 Å². The van der Waals surface area contributed by atoms with E-state index >= 15 is 0 Å². The summed E-state index contributed by atoms with van der Waals surface area (Å²) in [6, 6.07) is 13.0. The highest BCUT2D eigenvalue weighted by Crippen LogP contribution is 2.26. The molecule has 6 nitrogen and oxygen atoms in total. The number of nitrogens with two attached hydrogens (primary N) is 2. The molecule has 0 spiro atoms. The zero-order chi connectivity index (χ0) is 18.4. The standard InChI is InChI=1S/C19H23N3O3.ClH/c1-3-12(2)17(20)19(24)22-13-8-10-14(11-9-13)25-16-7-5-4-6-15(16)18(21)23;/h4-12,17H,3,20H2,1-2H3,(H2,21,23)(H,22,24);1H. The van der Waals surface area contributed by atoms with E-state index in [2.05, 4.69) is 5.32 Å². The average Bonchev–Trinajstić information content (AvgIpc) is 2.62. The number of carbonyl (C=O) groups is 2. The van der Waals surface area contributed by atoms with Gasteiger partial charge < -0.3 is 21.5 Å². The van der Waals surface area contributed by atoms with E-state index in [1.54, 1.807) is 48.5 Å². The van der Waals surface area contributed by atoms with Gasteiger partial charge in [0.15, 0.2) is 0 Å². The van der Waals surface area contributed by atoms with Gasteiger partial charge in [-0.15, -0.1) is 12.4 Å². The highest BCUT2D eigenvalue weighted by atomic mass is 35.5. The number of para-hydroxylation sites is 1. The molecular weight excluding hydrogens is 354 g/mol. The number of hydrogen-bond donors (Lipinski definition) is 3. The Morgan fingerprint density at radius 3 is 2.31 bits per heavy atom. The summed E-state index contributed by atoms with van der Waals surface area (Å²) < 4.78 is 5.70. The number of carbonyl (C=O) groups excluding carboxylic acids is 2. The molecule has 26 heavy (non-hydrogen) atoms. The van der Waals surface area contributed by atoms with Gasteiger partial charge >= 0.3 is 0 Å². The Labute approximate surface area is 159 Å². The number of ether oxygens (including phenoxy) is 1. The lowest BCUT2D eigenvalue weighted by molar-refractivity contribution is -0.118. The van der Waals surface area contributed by atoms with Crippen LogP contribution in [0.15, 0.2) is 48.5 Å². The number of anilines is 1. The average molecular weight is 378 g/mol. The molecule has 0 aliphatic rings. The van der Waals surface area contributed by atoms with E-state index in [0.29, 0.717) is 22.7 Å². The largest absolute Gasteiger partial charge is 0.457 e. The minimum absolute atomic E-state index is 0. The van der Waals surface area contributed by atoms with Crippen LogP contribution in [0.1, 0.15) is 30.6 Å². The summed E-state index contributed by atoms with van der Waals surface area (Å²) in [6.45, 7) is 3.94. The van der Waals surface area contributed by atoms with E-state index in [9.17, 15) is 9.59 Å². The Morgan fingerprint density at radius 2 is 1.73 bits per heavy atom. The van der Waals surface area contributed by atoms with Gasteiger partial charge in [-0.05, 0) is 42.3 Å². The molecule has 2 rings (SSSR count). The molecule has 2 aromatic carbocycles. The predicted octanol–water partition coefficient (Wildman–Crippen LogP) is 3.31. The zero-order valence-electron chi connectivity index (χ0n) is 14.8. The smallest absolute Gasteiger partial charge is 0.252 e. The van der Waals surface area contributed by atoms with Crippen molar-refractivity contribution in [3.05, 3.63) is 54.1 Å². The maximum Gasteiger partial charge on any atom is 0.252 e. The maximum atomic E-state index is 12.1. The third-order valence-corrected chi connectivity index (χ3v) is 4.06. The first-order valence-corrected chi connectivity index (χ1v) is 8.15. The maximum absolute atomic E-state index is 12.1. The van der Waals surface area contributed by atoms with E-state index in [4.69, 9.17) is 16.2 Å². The predicted molar refractivity (Wildman–Crippen MR) is 105 cm³/mol. The molecule has 140 valence electrons. The minimum atomic E-state index is -0.557. The van der Waals surface area contributed by atoms with Crippen molar-refractivity contribution in [2.24, 2.45) is 17.4 Å². The molecule has 2 atom stereocenters. The fraction of sp³-hybridized carbons (Fsp3) is 0.263. The Hall–Kier alpha value is -2.57. The summed E-state index contributed by atoms with van der Waals surface area (Å²) in [6.07, 6.45) is 0.834. The molecule has 2 aromatic rings. The summed E-state index contributed by atoms with van der Waals surface area (Å²) in [7, 11) is 0. The molecule has 0 bridgehead atoms. The van der Waals surface area contributed by atoms with Crippen molar-refractivity contribution in [2.75, 3.05) is 5.32 Å². The number of rotatable bonds is 7. The van der Waals surface area contributed by atoms with Crippen LogP contribution in [-0.2, 0) is 4.79 Å². The Morgan fingerprint density at radius 1 is 1.12 bits per heavy atom. The van der Waals surface area contributed by atoms with Gasteiger partial charge in [0.1, 0.15) is 11.5 Å². The number of primary amides is 1. The minimum Gasteiger partial charge on any atom is -0.457 e. The van der Waals surface area contributed by atoms with E-state index in [0.717, 1.165) is 6.42 Å². The molecule has 0 aliphatic carbocycles. The van der Waals surface area contributed by atoms with E-state index in [1.165, 1.54) is 0 Å². The number of hydrogen-bond acceptors (Lipinski definition) is 4. The van der Waals surface area contributed by atoms with Crippen LogP contribution in [0.2, 0.25) is 0 Å². The van der Waals surface area contributed by atoms with Gasteiger partial charge in [0.2, 0.25) is 5.91 Å². The SMILES string of the molecule is CCC(C)C(N)C(=O)Nc1ccc(Oc2ccccc2C(N)=O)cc1.Cl. The molecule has 0 heterocycles. The summed E-state index contributed by atoms with van der Waals surface area (Å²) >= 11 is 0. The Balaban J connectivity index is 0.00000338. The summed E-state index contributed by atoms with van der Waals surface area (Å²) in [4.78, 5) is 23.5. The van der Waals surface area contributed by atoms with E-state index in [1.807, 2.05) is 13.8 Å². The summed E-state index contributed by atoms with van der Waals surface area (Å²) in [5, 5.41) is 2.78. The second-order valence-electron chi connectivity index (χ2n) is 5.89.